The fourth-order valence-corrected chi connectivity index (χ4v) is 2.01. The van der Waals surface area contributed by atoms with Gasteiger partial charge in [-0.3, -0.25) is 9.59 Å². The summed E-state index contributed by atoms with van der Waals surface area (Å²) in [5, 5.41) is 0. The van der Waals surface area contributed by atoms with Gasteiger partial charge in [0.2, 0.25) is 0 Å². The largest absolute Gasteiger partial charge is 0.463 e. The van der Waals surface area contributed by atoms with Crippen LogP contribution in [0.4, 0.5) is 0 Å². The summed E-state index contributed by atoms with van der Waals surface area (Å²) in [4.78, 5) is 23.5. The third-order valence-electron chi connectivity index (χ3n) is 3.33. The first-order valence-electron chi connectivity index (χ1n) is 8.10. The summed E-state index contributed by atoms with van der Waals surface area (Å²) < 4.78 is 10.5. The van der Waals surface area contributed by atoms with Gasteiger partial charge in [0.05, 0.1) is 12.5 Å². The highest BCUT2D eigenvalue weighted by Gasteiger charge is 2.23. The molecule has 2 unspecified atom stereocenters. The van der Waals surface area contributed by atoms with E-state index in [2.05, 4.69) is 6.92 Å². The number of hydrogen-bond donors (Lipinski definition) is 1. The Morgan fingerprint density at radius 3 is 2.24 bits per heavy atom. The molecule has 0 rings (SSSR count). The Balaban J connectivity index is 4.12. The molecule has 0 aromatic heterocycles. The highest BCUT2D eigenvalue weighted by molar-refractivity contribution is 5.82. The molecule has 0 radical (unpaired) electrons. The summed E-state index contributed by atoms with van der Waals surface area (Å²) in [6.45, 7) is 7.93. The topological polar surface area (TPSA) is 78.6 Å². The maximum atomic E-state index is 11.8. The monoisotopic (exact) mass is 301 g/mol. The van der Waals surface area contributed by atoms with Crippen LogP contribution in [-0.4, -0.2) is 30.2 Å². The zero-order valence-electron chi connectivity index (χ0n) is 13.9. The van der Waals surface area contributed by atoms with E-state index in [4.69, 9.17) is 15.2 Å². The van der Waals surface area contributed by atoms with E-state index in [-0.39, 0.29) is 18.6 Å². The molecule has 0 spiro atoms. The van der Waals surface area contributed by atoms with Crippen LogP contribution in [0, 0.1) is 0 Å². The molecule has 0 aliphatic rings. The first-order chi connectivity index (χ1) is 9.94. The number of esters is 2. The van der Waals surface area contributed by atoms with Crippen molar-refractivity contribution in [1.82, 2.24) is 0 Å². The third kappa shape index (κ3) is 9.45. The third-order valence-corrected chi connectivity index (χ3v) is 3.33. The van der Waals surface area contributed by atoms with Gasteiger partial charge in [-0.25, -0.2) is 0 Å². The minimum absolute atomic E-state index is 0.118. The molecule has 0 bridgehead atoms. The Labute approximate surface area is 128 Å². The van der Waals surface area contributed by atoms with Gasteiger partial charge in [0.25, 0.3) is 0 Å². The lowest BCUT2D eigenvalue weighted by molar-refractivity contribution is -0.157. The molecular formula is C16H31NO4. The normalized spacial score (nSPS) is 15.1. The Hall–Kier alpha value is -1.10. The predicted molar refractivity (Wildman–Crippen MR) is 82.8 cm³/mol. The number of carbonyl (C=O) groups is 2. The Bertz CT molecular complexity index is 307. The summed E-state index contributed by atoms with van der Waals surface area (Å²) in [6.07, 6.45) is 5.03. The van der Waals surface area contributed by atoms with Gasteiger partial charge in [-0.15, -0.1) is 0 Å². The zero-order valence-corrected chi connectivity index (χ0v) is 13.9. The van der Waals surface area contributed by atoms with E-state index in [1.165, 1.54) is 0 Å². The van der Waals surface area contributed by atoms with Crippen molar-refractivity contribution < 1.29 is 19.1 Å². The molecule has 0 aliphatic heterocycles. The lowest BCUT2D eigenvalue weighted by Gasteiger charge is -2.19. The van der Waals surface area contributed by atoms with Crippen molar-refractivity contribution in [3.63, 3.8) is 0 Å². The van der Waals surface area contributed by atoms with Crippen LogP contribution in [0.15, 0.2) is 0 Å². The summed E-state index contributed by atoms with van der Waals surface area (Å²) in [5.74, 6) is -0.958. The first-order valence-corrected chi connectivity index (χ1v) is 8.10. The minimum atomic E-state index is -0.943. The van der Waals surface area contributed by atoms with Gasteiger partial charge in [-0.2, -0.15) is 0 Å². The second kappa shape index (κ2) is 11.5. The van der Waals surface area contributed by atoms with Crippen molar-refractivity contribution in [2.45, 2.75) is 90.9 Å². The molecule has 124 valence electrons. The van der Waals surface area contributed by atoms with Gasteiger partial charge >= 0.3 is 11.9 Å². The maximum absolute atomic E-state index is 11.8. The second-order valence-electron chi connectivity index (χ2n) is 5.51. The Morgan fingerprint density at radius 1 is 1.05 bits per heavy atom. The van der Waals surface area contributed by atoms with Gasteiger partial charge in [0.1, 0.15) is 12.1 Å². The maximum Gasteiger partial charge on any atom is 0.323 e. The van der Waals surface area contributed by atoms with Crippen LogP contribution in [0.5, 0.6) is 0 Å². The van der Waals surface area contributed by atoms with Crippen LogP contribution in [-0.2, 0) is 19.1 Å². The summed E-state index contributed by atoms with van der Waals surface area (Å²) >= 11 is 0. The van der Waals surface area contributed by atoms with Gasteiger partial charge in [-0.1, -0.05) is 40.0 Å². The fourth-order valence-electron chi connectivity index (χ4n) is 2.01. The molecule has 21 heavy (non-hydrogen) atoms. The lowest BCUT2D eigenvalue weighted by Crippen LogP contribution is -2.37. The number of carbonyl (C=O) groups excluding carboxylic acids is 2. The molecule has 3 atom stereocenters. The van der Waals surface area contributed by atoms with Crippen LogP contribution in [0.2, 0.25) is 0 Å². The lowest BCUT2D eigenvalue weighted by atomic mass is 10.1. The number of nitrogens with two attached hydrogens (primary N) is 1. The molecule has 0 saturated heterocycles. The molecule has 5 nitrogen and oxygen atoms in total. The number of hydrogen-bond acceptors (Lipinski definition) is 5. The quantitative estimate of drug-likeness (QED) is 0.594. The molecule has 0 fully saturated rings. The van der Waals surface area contributed by atoms with Gasteiger partial charge in [0, 0.05) is 0 Å². The van der Waals surface area contributed by atoms with Crippen molar-refractivity contribution >= 4 is 11.9 Å². The molecule has 0 aromatic carbocycles. The van der Waals surface area contributed by atoms with Gasteiger partial charge in [-0.05, 0) is 26.2 Å². The van der Waals surface area contributed by atoms with E-state index >= 15 is 0 Å². The average molecular weight is 301 g/mol. The van der Waals surface area contributed by atoms with E-state index in [0.29, 0.717) is 0 Å². The van der Waals surface area contributed by atoms with Gasteiger partial charge < -0.3 is 15.2 Å². The average Bonchev–Trinajstić information content (AvgIpc) is 2.44. The Kier molecular flexibility index (Phi) is 10.9. The zero-order chi connectivity index (χ0) is 16.3. The molecule has 0 heterocycles. The highest BCUT2D eigenvalue weighted by Crippen LogP contribution is 2.10. The van der Waals surface area contributed by atoms with Crippen molar-refractivity contribution in [1.29, 1.82) is 0 Å². The summed E-state index contributed by atoms with van der Waals surface area (Å²) in [5.41, 5.74) is 5.72. The first kappa shape index (κ1) is 19.9. The van der Waals surface area contributed by atoms with E-state index in [0.717, 1.165) is 38.5 Å². The van der Waals surface area contributed by atoms with Crippen LogP contribution in [0.25, 0.3) is 0 Å². The SMILES string of the molecule is CCCCC(C)OC(=O)C[C@H](N)C(=O)OC(CC)CCC. The van der Waals surface area contributed by atoms with Crippen molar-refractivity contribution in [3.8, 4) is 0 Å². The van der Waals surface area contributed by atoms with Gasteiger partial charge in [0.15, 0.2) is 0 Å². The van der Waals surface area contributed by atoms with Crippen LogP contribution >= 0.6 is 0 Å². The van der Waals surface area contributed by atoms with Crippen molar-refractivity contribution in [2.24, 2.45) is 5.73 Å². The standard InChI is InChI=1S/C16H31NO4/c1-5-8-10-12(4)20-15(18)11-14(17)16(19)21-13(7-3)9-6-2/h12-14H,5-11,17H2,1-4H3/t12?,13?,14-/m0/s1. The molecule has 0 aliphatic carbocycles. The molecular weight excluding hydrogens is 270 g/mol. The molecule has 0 saturated carbocycles. The van der Waals surface area contributed by atoms with Crippen molar-refractivity contribution in [2.75, 3.05) is 0 Å². The minimum Gasteiger partial charge on any atom is -0.463 e. The number of rotatable bonds is 11. The van der Waals surface area contributed by atoms with E-state index in [9.17, 15) is 9.59 Å². The van der Waals surface area contributed by atoms with Crippen LogP contribution < -0.4 is 5.73 Å². The number of ether oxygens (including phenoxy) is 2. The van der Waals surface area contributed by atoms with Crippen molar-refractivity contribution in [3.05, 3.63) is 0 Å². The van der Waals surface area contributed by atoms with Crippen LogP contribution in [0.1, 0.15) is 72.6 Å². The van der Waals surface area contributed by atoms with E-state index in [1.54, 1.807) is 0 Å². The predicted octanol–water partition coefficient (Wildman–Crippen LogP) is 2.95. The molecule has 0 aromatic rings. The Morgan fingerprint density at radius 2 is 1.71 bits per heavy atom. The molecule has 5 heteroatoms. The van der Waals surface area contributed by atoms with E-state index < -0.39 is 18.0 Å². The fraction of sp³-hybridized carbons (Fsp3) is 0.875. The molecule has 0 amide bonds. The second-order valence-corrected chi connectivity index (χ2v) is 5.51. The summed E-state index contributed by atoms with van der Waals surface area (Å²) in [6, 6.07) is -0.943. The number of unbranched alkanes of at least 4 members (excludes halogenated alkanes) is 1. The summed E-state index contributed by atoms with van der Waals surface area (Å²) in [7, 11) is 0. The smallest absolute Gasteiger partial charge is 0.323 e. The van der Waals surface area contributed by atoms with Crippen LogP contribution in [0.3, 0.4) is 0 Å². The highest BCUT2D eigenvalue weighted by atomic mass is 16.6. The molecule has 2 N–H and O–H groups in total. The van der Waals surface area contributed by atoms with E-state index in [1.807, 2.05) is 20.8 Å².